The van der Waals surface area contributed by atoms with Gasteiger partial charge in [-0.15, -0.1) is 0 Å². The molecule has 6 aromatic rings. The van der Waals surface area contributed by atoms with Gasteiger partial charge >= 0.3 is 0 Å². The van der Waals surface area contributed by atoms with Gasteiger partial charge in [0, 0.05) is 44.5 Å². The molecule has 0 bridgehead atoms. The average Bonchev–Trinajstić information content (AvgIpc) is 3.13. The predicted octanol–water partition coefficient (Wildman–Crippen LogP) is 12.0. The second kappa shape index (κ2) is 18.1. The fraction of sp³-hybridized carbons (Fsp3) is 0.154. The Balaban J connectivity index is 0.000000214. The minimum atomic E-state index is -0.707. The van der Waals surface area contributed by atoms with Crippen molar-refractivity contribution < 1.29 is 17.6 Å². The summed E-state index contributed by atoms with van der Waals surface area (Å²) in [4.78, 5) is 0. The Morgan fingerprint density at radius 2 is 0.571 bits per heavy atom. The van der Waals surface area contributed by atoms with Crippen LogP contribution in [-0.2, 0) is 0 Å². The van der Waals surface area contributed by atoms with Gasteiger partial charge < -0.3 is 0 Å². The number of rotatable bonds is 0. The maximum absolute atomic E-state index is 14.4. The molecule has 0 spiro atoms. The zero-order chi connectivity index (χ0) is 40.5. The van der Waals surface area contributed by atoms with Gasteiger partial charge in [-0.2, -0.15) is 0 Å². The molecule has 0 fully saturated rings. The summed E-state index contributed by atoms with van der Waals surface area (Å²) in [5.74, 6) is 20.9. The highest BCUT2D eigenvalue weighted by Crippen LogP contribution is 2.19. The third-order valence-electron chi connectivity index (χ3n) is 8.96. The third kappa shape index (κ3) is 10.7. The number of hydrogen-bond acceptors (Lipinski definition) is 0. The Hall–Kier alpha value is -6.72. The molecule has 0 aliphatic rings. The van der Waals surface area contributed by atoms with Crippen LogP contribution < -0.4 is 0 Å². The zero-order valence-corrected chi connectivity index (χ0v) is 32.7. The second-order valence-corrected chi connectivity index (χ2v) is 13.9. The topological polar surface area (TPSA) is 0 Å². The highest BCUT2D eigenvalue weighted by Gasteiger charge is 2.09. The van der Waals surface area contributed by atoms with Crippen molar-refractivity contribution in [1.29, 1.82) is 0 Å². The molecule has 6 aromatic carbocycles. The fourth-order valence-electron chi connectivity index (χ4n) is 6.06. The summed E-state index contributed by atoms with van der Waals surface area (Å²) in [6.07, 6.45) is 0. The van der Waals surface area contributed by atoms with E-state index in [1.54, 1.807) is 0 Å². The van der Waals surface area contributed by atoms with Crippen molar-refractivity contribution in [3.05, 3.63) is 209 Å². The first-order valence-corrected chi connectivity index (χ1v) is 18.0. The molecule has 0 atom stereocenters. The second-order valence-electron chi connectivity index (χ2n) is 13.9. The van der Waals surface area contributed by atoms with Crippen LogP contribution in [0.2, 0.25) is 0 Å². The molecule has 56 heavy (non-hydrogen) atoms. The molecule has 0 aliphatic carbocycles. The van der Waals surface area contributed by atoms with Crippen LogP contribution in [0.4, 0.5) is 17.6 Å². The van der Waals surface area contributed by atoms with Crippen LogP contribution in [0, 0.1) is 126 Å². The lowest BCUT2D eigenvalue weighted by Gasteiger charge is -2.05. The van der Waals surface area contributed by atoms with Gasteiger partial charge in [0.05, 0.1) is 5.56 Å². The van der Waals surface area contributed by atoms with Crippen LogP contribution in [-0.4, -0.2) is 0 Å². The lowest BCUT2D eigenvalue weighted by Crippen LogP contribution is -1.93. The first-order chi connectivity index (χ1) is 26.7. The number of halogens is 4. The van der Waals surface area contributed by atoms with Gasteiger partial charge in [-0.25, -0.2) is 17.6 Å². The van der Waals surface area contributed by atoms with Crippen molar-refractivity contribution in [2.45, 2.75) is 55.4 Å². The van der Waals surface area contributed by atoms with Gasteiger partial charge in [0.2, 0.25) is 0 Å². The summed E-state index contributed by atoms with van der Waals surface area (Å²) in [6, 6.07) is 28.3. The molecule has 0 N–H and O–H groups in total. The van der Waals surface area contributed by atoms with E-state index in [1.807, 2.05) is 88.4 Å². The molecule has 0 saturated carbocycles. The molecular weight excluding hydrogens is 701 g/mol. The summed E-state index contributed by atoms with van der Waals surface area (Å²) in [5.41, 5.74) is 12.6. The summed E-state index contributed by atoms with van der Waals surface area (Å²) >= 11 is 0. The summed E-state index contributed by atoms with van der Waals surface area (Å²) < 4.78 is 56.0. The van der Waals surface area contributed by atoms with E-state index in [0.29, 0.717) is 11.1 Å². The molecule has 0 amide bonds. The van der Waals surface area contributed by atoms with Crippen LogP contribution in [0.25, 0.3) is 0 Å². The smallest absolute Gasteiger partial charge is 0.143 e. The van der Waals surface area contributed by atoms with Crippen molar-refractivity contribution in [2.75, 3.05) is 0 Å². The van der Waals surface area contributed by atoms with E-state index in [9.17, 15) is 17.6 Å². The minimum Gasteiger partial charge on any atom is -0.207 e. The van der Waals surface area contributed by atoms with Crippen LogP contribution in [0.1, 0.15) is 89.0 Å². The van der Waals surface area contributed by atoms with Gasteiger partial charge in [0.25, 0.3) is 0 Å². The Morgan fingerprint density at radius 1 is 0.286 bits per heavy atom. The highest BCUT2D eigenvalue weighted by atomic mass is 19.1. The Bertz CT molecular complexity index is 2610. The summed E-state index contributed by atoms with van der Waals surface area (Å²) in [6.45, 7) is 15.6. The Labute approximate surface area is 328 Å². The molecule has 4 heteroatoms. The fourth-order valence-corrected chi connectivity index (χ4v) is 6.06. The molecule has 0 unspecified atom stereocenters. The molecular formula is C52H40F4. The van der Waals surface area contributed by atoms with Crippen LogP contribution in [0.15, 0.2) is 97.1 Å². The highest BCUT2D eigenvalue weighted by molar-refractivity contribution is 5.55. The van der Waals surface area contributed by atoms with E-state index in [-0.39, 0.29) is 16.7 Å². The third-order valence-corrected chi connectivity index (χ3v) is 8.96. The van der Waals surface area contributed by atoms with Gasteiger partial charge in [0.15, 0.2) is 0 Å². The van der Waals surface area contributed by atoms with Crippen molar-refractivity contribution in [3.8, 4) is 47.4 Å². The predicted molar refractivity (Wildman–Crippen MR) is 220 cm³/mol. The number of benzene rings is 6. The SMILES string of the molecule is Cc1cc(C)c(C#Cc2ccc(C#Cc3cc(F)c(C)c(F)c3)cc2)c(C)c1.Cc1ccc(C#Cc2c(F)cc(C#Cc3c(C)cc(C)cc3C)cc2F)cc1. The van der Waals surface area contributed by atoms with Gasteiger partial charge in [-0.1, -0.05) is 100 Å². The molecule has 0 nitrogen and oxygen atoms in total. The van der Waals surface area contributed by atoms with Crippen LogP contribution in [0.5, 0.6) is 0 Å². The molecule has 6 rings (SSSR count). The molecule has 0 radical (unpaired) electrons. The van der Waals surface area contributed by atoms with Crippen molar-refractivity contribution >= 4 is 0 Å². The van der Waals surface area contributed by atoms with E-state index in [1.165, 1.54) is 47.9 Å². The maximum Gasteiger partial charge on any atom is 0.143 e. The average molecular weight is 741 g/mol. The van der Waals surface area contributed by atoms with E-state index >= 15 is 0 Å². The molecule has 276 valence electrons. The van der Waals surface area contributed by atoms with Gasteiger partial charge in [-0.05, 0) is 138 Å². The van der Waals surface area contributed by atoms with E-state index in [4.69, 9.17) is 0 Å². The summed E-state index contributed by atoms with van der Waals surface area (Å²) in [7, 11) is 0. The Morgan fingerprint density at radius 3 is 0.964 bits per heavy atom. The first-order valence-electron chi connectivity index (χ1n) is 18.0. The number of aryl methyl sites for hydroxylation is 7. The molecule has 0 saturated heterocycles. The monoisotopic (exact) mass is 740 g/mol. The van der Waals surface area contributed by atoms with Gasteiger partial charge in [-0.3, -0.25) is 0 Å². The van der Waals surface area contributed by atoms with Crippen LogP contribution >= 0.6 is 0 Å². The van der Waals surface area contributed by atoms with Gasteiger partial charge in [0.1, 0.15) is 23.3 Å². The van der Waals surface area contributed by atoms with Crippen molar-refractivity contribution in [3.63, 3.8) is 0 Å². The van der Waals surface area contributed by atoms with E-state index < -0.39 is 23.3 Å². The van der Waals surface area contributed by atoms with E-state index in [0.717, 1.165) is 44.5 Å². The first kappa shape index (κ1) is 40.5. The normalized spacial score (nSPS) is 9.93. The number of hydrogen-bond donors (Lipinski definition) is 0. The molecule has 0 heterocycles. The van der Waals surface area contributed by atoms with Crippen molar-refractivity contribution in [2.24, 2.45) is 0 Å². The minimum absolute atomic E-state index is 0.00697. The maximum atomic E-state index is 14.4. The quantitative estimate of drug-likeness (QED) is 0.107. The lowest BCUT2D eigenvalue weighted by molar-refractivity contribution is 0.567. The van der Waals surface area contributed by atoms with Crippen LogP contribution in [0.3, 0.4) is 0 Å². The van der Waals surface area contributed by atoms with Crippen molar-refractivity contribution in [1.82, 2.24) is 0 Å². The Kier molecular flexibility index (Phi) is 13.1. The molecule has 0 aromatic heterocycles. The lowest BCUT2D eigenvalue weighted by atomic mass is 10.00. The largest absolute Gasteiger partial charge is 0.207 e. The zero-order valence-electron chi connectivity index (χ0n) is 32.7. The molecule has 0 aliphatic heterocycles. The summed E-state index contributed by atoms with van der Waals surface area (Å²) in [5, 5.41) is 0. The standard InChI is InChI=1S/2C26H20F2/c1-17-5-7-21(8-6-17)9-12-24-25(27)15-22(16-26(24)28)10-11-23-19(3)13-18(2)14-20(23)4;1-17-13-18(2)24(19(3)14-17)12-11-22-7-5-21(6-8-22)9-10-23-15-25(27)20(4)26(28)16-23/h2*5-8,13-16H,1-4H3. The van der Waals surface area contributed by atoms with E-state index in [2.05, 4.69) is 80.3 Å².